The number of hydrogen-bond acceptors (Lipinski definition) is 2. The predicted molar refractivity (Wildman–Crippen MR) is 61.7 cm³/mol. The molecule has 1 aromatic rings. The van der Waals surface area contributed by atoms with E-state index in [2.05, 4.69) is 0 Å². The molecule has 0 amide bonds. The first-order valence-corrected chi connectivity index (χ1v) is 5.43. The first kappa shape index (κ1) is 12.2. The largest absolute Gasteiger partial charge is 0.390 e. The summed E-state index contributed by atoms with van der Waals surface area (Å²) in [5, 5.41) is 19.5. The van der Waals surface area contributed by atoms with Gasteiger partial charge in [0.2, 0.25) is 0 Å². The Morgan fingerprint density at radius 2 is 1.73 bits per heavy atom. The molecule has 0 spiro atoms. The average molecular weight is 208 g/mol. The van der Waals surface area contributed by atoms with E-state index in [0.29, 0.717) is 6.42 Å². The third-order valence-corrected chi connectivity index (χ3v) is 2.77. The fraction of sp³-hybridized carbons (Fsp3) is 0.538. The molecule has 2 N–H and O–H groups in total. The van der Waals surface area contributed by atoms with Crippen molar-refractivity contribution in [1.29, 1.82) is 0 Å². The fourth-order valence-electron chi connectivity index (χ4n) is 1.63. The second kappa shape index (κ2) is 5.29. The van der Waals surface area contributed by atoms with E-state index in [-0.39, 0.29) is 5.92 Å². The highest BCUT2D eigenvalue weighted by molar-refractivity contribution is 5.26. The highest BCUT2D eigenvalue weighted by Crippen LogP contribution is 2.14. The van der Waals surface area contributed by atoms with Gasteiger partial charge in [-0.05, 0) is 24.0 Å². The number of benzene rings is 1. The Kier molecular flexibility index (Phi) is 4.30. The van der Waals surface area contributed by atoms with Crippen molar-refractivity contribution < 1.29 is 10.2 Å². The summed E-state index contributed by atoms with van der Waals surface area (Å²) in [6.07, 6.45) is -0.804. The molecular weight excluding hydrogens is 188 g/mol. The zero-order valence-corrected chi connectivity index (χ0v) is 9.64. The van der Waals surface area contributed by atoms with E-state index in [4.69, 9.17) is 0 Å². The summed E-state index contributed by atoms with van der Waals surface area (Å²) in [6.45, 7) is 5.83. The number of aryl methyl sites for hydroxylation is 1. The Hall–Kier alpha value is -0.860. The van der Waals surface area contributed by atoms with Crippen LogP contribution in [-0.2, 0) is 6.42 Å². The maximum absolute atomic E-state index is 9.82. The first-order valence-electron chi connectivity index (χ1n) is 5.43. The molecule has 2 nitrogen and oxygen atoms in total. The topological polar surface area (TPSA) is 40.5 Å². The van der Waals surface area contributed by atoms with Crippen molar-refractivity contribution in [2.45, 2.75) is 39.4 Å². The lowest BCUT2D eigenvalue weighted by Gasteiger charge is -2.21. The summed E-state index contributed by atoms with van der Waals surface area (Å²) in [4.78, 5) is 0. The zero-order valence-electron chi connectivity index (χ0n) is 9.64. The summed E-state index contributed by atoms with van der Waals surface area (Å²) in [5.74, 6) is 0.0871. The molecule has 0 fully saturated rings. The van der Waals surface area contributed by atoms with Crippen molar-refractivity contribution in [1.82, 2.24) is 0 Å². The van der Waals surface area contributed by atoms with E-state index in [1.165, 1.54) is 0 Å². The Bertz CT molecular complexity index is 307. The van der Waals surface area contributed by atoms with Gasteiger partial charge in [-0.15, -0.1) is 0 Å². The van der Waals surface area contributed by atoms with E-state index in [1.54, 1.807) is 0 Å². The summed E-state index contributed by atoms with van der Waals surface area (Å²) in [5.41, 5.74) is 2.26. The molecule has 0 heterocycles. The van der Waals surface area contributed by atoms with E-state index >= 15 is 0 Å². The van der Waals surface area contributed by atoms with E-state index in [1.807, 2.05) is 45.0 Å². The number of hydrogen-bond donors (Lipinski definition) is 2. The Morgan fingerprint density at radius 1 is 1.13 bits per heavy atom. The molecule has 1 rings (SSSR count). The zero-order chi connectivity index (χ0) is 11.4. The van der Waals surface area contributed by atoms with Crippen LogP contribution in [0.2, 0.25) is 0 Å². The van der Waals surface area contributed by atoms with Crippen LogP contribution < -0.4 is 0 Å². The van der Waals surface area contributed by atoms with Crippen LogP contribution in [0.15, 0.2) is 24.3 Å². The molecule has 0 aliphatic carbocycles. The molecule has 1 aromatic carbocycles. The van der Waals surface area contributed by atoms with Crippen LogP contribution in [0.25, 0.3) is 0 Å². The predicted octanol–water partition coefficient (Wildman–Crippen LogP) is 1.92. The summed E-state index contributed by atoms with van der Waals surface area (Å²) in [6, 6.07) is 7.94. The van der Waals surface area contributed by atoms with Gasteiger partial charge in [0.05, 0.1) is 12.2 Å². The smallest absolute Gasteiger partial charge is 0.0841 e. The van der Waals surface area contributed by atoms with Gasteiger partial charge in [0, 0.05) is 6.42 Å². The monoisotopic (exact) mass is 208 g/mol. The molecule has 84 valence electrons. The van der Waals surface area contributed by atoms with Crippen molar-refractivity contribution in [2.24, 2.45) is 5.92 Å². The maximum Gasteiger partial charge on any atom is 0.0841 e. The normalized spacial score (nSPS) is 15.3. The Labute approximate surface area is 91.6 Å². The van der Waals surface area contributed by atoms with Crippen LogP contribution in [0.5, 0.6) is 0 Å². The van der Waals surface area contributed by atoms with Crippen molar-refractivity contribution in [3.05, 3.63) is 35.4 Å². The number of rotatable bonds is 4. The molecule has 0 radical (unpaired) electrons. The first-order chi connectivity index (χ1) is 7.02. The number of aliphatic hydroxyl groups excluding tert-OH is 2. The summed E-state index contributed by atoms with van der Waals surface area (Å²) in [7, 11) is 0. The molecule has 2 atom stereocenters. The van der Waals surface area contributed by atoms with Gasteiger partial charge in [0.15, 0.2) is 0 Å². The second-order valence-corrected chi connectivity index (χ2v) is 4.43. The van der Waals surface area contributed by atoms with Gasteiger partial charge in [0.1, 0.15) is 0 Å². The molecule has 0 aliphatic rings. The van der Waals surface area contributed by atoms with Gasteiger partial charge in [-0.2, -0.15) is 0 Å². The quantitative estimate of drug-likeness (QED) is 0.793. The minimum Gasteiger partial charge on any atom is -0.390 e. The molecule has 0 aliphatic heterocycles. The Morgan fingerprint density at radius 3 is 2.27 bits per heavy atom. The van der Waals surface area contributed by atoms with Gasteiger partial charge in [-0.3, -0.25) is 0 Å². The molecule has 0 saturated carbocycles. The minimum absolute atomic E-state index is 0.0871. The van der Waals surface area contributed by atoms with Crippen molar-refractivity contribution >= 4 is 0 Å². The van der Waals surface area contributed by atoms with Crippen LogP contribution in [0.1, 0.15) is 25.0 Å². The Balaban J connectivity index is 2.66. The number of aliphatic hydroxyl groups is 2. The van der Waals surface area contributed by atoms with Crippen LogP contribution in [0.3, 0.4) is 0 Å². The van der Waals surface area contributed by atoms with Crippen molar-refractivity contribution in [3.63, 3.8) is 0 Å². The molecule has 0 bridgehead atoms. The second-order valence-electron chi connectivity index (χ2n) is 4.43. The van der Waals surface area contributed by atoms with Crippen molar-refractivity contribution in [2.75, 3.05) is 0 Å². The van der Waals surface area contributed by atoms with Crippen molar-refractivity contribution in [3.8, 4) is 0 Å². The van der Waals surface area contributed by atoms with E-state index < -0.39 is 12.2 Å². The lowest BCUT2D eigenvalue weighted by molar-refractivity contribution is -0.00738. The standard InChI is InChI=1S/C13H20O2/c1-9(2)13(15)12(14)8-11-7-5-4-6-10(11)3/h4-7,9,12-15H,8H2,1-3H3. The third-order valence-electron chi connectivity index (χ3n) is 2.77. The highest BCUT2D eigenvalue weighted by atomic mass is 16.3. The van der Waals surface area contributed by atoms with E-state index in [0.717, 1.165) is 11.1 Å². The summed E-state index contributed by atoms with van der Waals surface area (Å²) < 4.78 is 0. The van der Waals surface area contributed by atoms with Crippen LogP contribution >= 0.6 is 0 Å². The summed E-state index contributed by atoms with van der Waals surface area (Å²) >= 11 is 0. The van der Waals surface area contributed by atoms with Crippen LogP contribution in [0.4, 0.5) is 0 Å². The molecule has 0 aromatic heterocycles. The highest BCUT2D eigenvalue weighted by Gasteiger charge is 2.20. The minimum atomic E-state index is -0.675. The fourth-order valence-corrected chi connectivity index (χ4v) is 1.63. The average Bonchev–Trinajstić information content (AvgIpc) is 2.20. The van der Waals surface area contributed by atoms with Gasteiger partial charge in [0.25, 0.3) is 0 Å². The van der Waals surface area contributed by atoms with Gasteiger partial charge in [-0.1, -0.05) is 38.1 Å². The lowest BCUT2D eigenvalue weighted by Crippen LogP contribution is -2.32. The lowest BCUT2D eigenvalue weighted by atomic mass is 9.95. The maximum atomic E-state index is 9.82. The SMILES string of the molecule is Cc1ccccc1CC(O)C(O)C(C)C. The van der Waals surface area contributed by atoms with Crippen LogP contribution in [-0.4, -0.2) is 22.4 Å². The van der Waals surface area contributed by atoms with Gasteiger partial charge < -0.3 is 10.2 Å². The molecule has 15 heavy (non-hydrogen) atoms. The molecular formula is C13H20O2. The van der Waals surface area contributed by atoms with Gasteiger partial charge in [-0.25, -0.2) is 0 Å². The van der Waals surface area contributed by atoms with Gasteiger partial charge >= 0.3 is 0 Å². The van der Waals surface area contributed by atoms with Crippen LogP contribution in [0, 0.1) is 12.8 Å². The molecule has 2 unspecified atom stereocenters. The van der Waals surface area contributed by atoms with E-state index in [9.17, 15) is 10.2 Å². The third kappa shape index (κ3) is 3.33. The molecule has 0 saturated heterocycles. The molecule has 2 heteroatoms.